The lowest BCUT2D eigenvalue weighted by molar-refractivity contribution is 0.475. The SMILES string of the molecule is O=NCCSC(c1ccccc1)(c1ccccc1)c1ccc(O)cc1. The topological polar surface area (TPSA) is 49.7 Å². The largest absolute Gasteiger partial charge is 0.508 e. The summed E-state index contributed by atoms with van der Waals surface area (Å²) in [7, 11) is 0. The Morgan fingerprint density at radius 1 is 0.760 bits per heavy atom. The molecule has 0 aliphatic heterocycles. The third-order valence-corrected chi connectivity index (χ3v) is 5.66. The smallest absolute Gasteiger partial charge is 0.115 e. The Hall–Kier alpha value is -2.59. The normalized spacial score (nSPS) is 11.2. The number of phenolic OH excluding ortho intramolecular Hbond substituents is 1. The molecule has 0 heterocycles. The van der Waals surface area contributed by atoms with Gasteiger partial charge >= 0.3 is 0 Å². The van der Waals surface area contributed by atoms with Crippen LogP contribution in [0.2, 0.25) is 0 Å². The minimum atomic E-state index is -0.471. The van der Waals surface area contributed by atoms with Gasteiger partial charge in [-0.25, -0.2) is 0 Å². The van der Waals surface area contributed by atoms with Gasteiger partial charge in [0.1, 0.15) is 5.75 Å². The van der Waals surface area contributed by atoms with Crippen molar-refractivity contribution in [2.24, 2.45) is 5.18 Å². The van der Waals surface area contributed by atoms with E-state index in [-0.39, 0.29) is 12.3 Å². The van der Waals surface area contributed by atoms with Crippen molar-refractivity contribution in [3.05, 3.63) is 107 Å². The highest BCUT2D eigenvalue weighted by Crippen LogP contribution is 2.48. The Morgan fingerprint density at radius 3 is 1.72 bits per heavy atom. The number of thioether (sulfide) groups is 1. The van der Waals surface area contributed by atoms with Crippen LogP contribution in [0.4, 0.5) is 0 Å². The molecule has 3 aromatic rings. The number of nitrogens with zero attached hydrogens (tertiary/aromatic N) is 1. The van der Waals surface area contributed by atoms with E-state index in [0.29, 0.717) is 5.75 Å². The van der Waals surface area contributed by atoms with Crippen LogP contribution in [0.1, 0.15) is 16.7 Å². The molecule has 0 spiro atoms. The van der Waals surface area contributed by atoms with Crippen LogP contribution < -0.4 is 0 Å². The Kier molecular flexibility index (Phi) is 5.51. The maximum Gasteiger partial charge on any atom is 0.115 e. The lowest BCUT2D eigenvalue weighted by Gasteiger charge is -2.35. The fraction of sp³-hybridized carbons (Fsp3) is 0.143. The molecule has 0 aliphatic carbocycles. The lowest BCUT2D eigenvalue weighted by Crippen LogP contribution is -2.26. The summed E-state index contributed by atoms with van der Waals surface area (Å²) in [6.07, 6.45) is 0. The highest BCUT2D eigenvalue weighted by Gasteiger charge is 2.36. The molecule has 25 heavy (non-hydrogen) atoms. The number of aromatic hydroxyl groups is 1. The van der Waals surface area contributed by atoms with Gasteiger partial charge in [-0.2, -0.15) is 4.91 Å². The second-order valence-electron chi connectivity index (χ2n) is 5.66. The number of benzene rings is 3. The van der Waals surface area contributed by atoms with Gasteiger partial charge in [-0.3, -0.25) is 0 Å². The fourth-order valence-corrected chi connectivity index (χ4v) is 4.41. The van der Waals surface area contributed by atoms with Crippen LogP contribution in [-0.4, -0.2) is 17.4 Å². The van der Waals surface area contributed by atoms with E-state index in [0.717, 1.165) is 16.7 Å². The number of hydrogen-bond donors (Lipinski definition) is 1. The molecule has 3 nitrogen and oxygen atoms in total. The van der Waals surface area contributed by atoms with E-state index >= 15 is 0 Å². The molecule has 0 bridgehead atoms. The van der Waals surface area contributed by atoms with Gasteiger partial charge < -0.3 is 5.11 Å². The van der Waals surface area contributed by atoms with Crippen molar-refractivity contribution >= 4 is 11.8 Å². The maximum atomic E-state index is 10.6. The first-order valence-corrected chi connectivity index (χ1v) is 9.09. The molecule has 0 unspecified atom stereocenters. The molecular formula is C21H19NO2S. The Morgan fingerprint density at radius 2 is 1.24 bits per heavy atom. The zero-order valence-corrected chi connectivity index (χ0v) is 14.5. The molecule has 0 saturated carbocycles. The van der Waals surface area contributed by atoms with Gasteiger partial charge in [-0.15, -0.1) is 11.8 Å². The van der Waals surface area contributed by atoms with Crippen molar-refractivity contribution in [1.29, 1.82) is 0 Å². The van der Waals surface area contributed by atoms with E-state index < -0.39 is 4.75 Å². The highest BCUT2D eigenvalue weighted by atomic mass is 32.2. The van der Waals surface area contributed by atoms with Gasteiger partial charge in [0.15, 0.2) is 0 Å². The molecule has 0 atom stereocenters. The summed E-state index contributed by atoms with van der Waals surface area (Å²) < 4.78 is -0.471. The van der Waals surface area contributed by atoms with E-state index in [1.54, 1.807) is 23.9 Å². The summed E-state index contributed by atoms with van der Waals surface area (Å²) in [5, 5.41) is 12.7. The molecule has 0 saturated heterocycles. The van der Waals surface area contributed by atoms with Crippen LogP contribution in [0, 0.1) is 4.91 Å². The van der Waals surface area contributed by atoms with Crippen LogP contribution >= 0.6 is 11.8 Å². The monoisotopic (exact) mass is 349 g/mol. The van der Waals surface area contributed by atoms with Gasteiger partial charge in [0.2, 0.25) is 0 Å². The standard InChI is InChI=1S/C21H19NO2S/c23-20-13-11-19(12-14-20)21(25-16-15-22-24,17-7-3-1-4-8-17)18-9-5-2-6-10-18/h1-14,23H,15-16H2. The fourth-order valence-electron chi connectivity index (χ4n) is 3.03. The molecule has 126 valence electrons. The quantitative estimate of drug-likeness (QED) is 0.363. The summed E-state index contributed by atoms with van der Waals surface area (Å²) in [5.74, 6) is 0.840. The van der Waals surface area contributed by atoms with Crippen LogP contribution in [0.15, 0.2) is 90.1 Å². The van der Waals surface area contributed by atoms with Crippen LogP contribution in [0.3, 0.4) is 0 Å². The van der Waals surface area contributed by atoms with Crippen molar-refractivity contribution in [3.8, 4) is 5.75 Å². The maximum absolute atomic E-state index is 10.6. The third-order valence-electron chi connectivity index (χ3n) is 4.14. The third kappa shape index (κ3) is 3.59. The Bertz CT molecular complexity index is 765. The summed E-state index contributed by atoms with van der Waals surface area (Å²) in [5.41, 5.74) is 3.31. The number of rotatable bonds is 7. The predicted molar refractivity (Wildman–Crippen MR) is 104 cm³/mol. The average Bonchev–Trinajstić information content (AvgIpc) is 2.68. The van der Waals surface area contributed by atoms with Crippen molar-refractivity contribution in [2.75, 3.05) is 12.3 Å². The molecule has 4 heteroatoms. The second kappa shape index (κ2) is 7.99. The van der Waals surface area contributed by atoms with E-state index in [2.05, 4.69) is 29.4 Å². The van der Waals surface area contributed by atoms with Gasteiger partial charge in [0.05, 0.1) is 11.3 Å². The van der Waals surface area contributed by atoms with Crippen LogP contribution in [-0.2, 0) is 4.75 Å². The summed E-state index contributed by atoms with van der Waals surface area (Å²) >= 11 is 1.68. The van der Waals surface area contributed by atoms with Gasteiger partial charge in [-0.05, 0) is 28.8 Å². The first-order chi connectivity index (χ1) is 12.3. The zero-order chi connectivity index (χ0) is 17.5. The van der Waals surface area contributed by atoms with Crippen molar-refractivity contribution in [1.82, 2.24) is 0 Å². The number of phenols is 1. The highest BCUT2D eigenvalue weighted by molar-refractivity contribution is 8.00. The van der Waals surface area contributed by atoms with Crippen LogP contribution in [0.5, 0.6) is 5.75 Å². The Balaban J connectivity index is 2.22. The minimum absolute atomic E-state index is 0.235. The lowest BCUT2D eigenvalue weighted by atomic mass is 9.84. The van der Waals surface area contributed by atoms with Crippen LogP contribution in [0.25, 0.3) is 0 Å². The molecule has 0 aromatic heterocycles. The van der Waals surface area contributed by atoms with Gasteiger partial charge in [0, 0.05) is 5.75 Å². The van der Waals surface area contributed by atoms with E-state index in [1.807, 2.05) is 48.5 Å². The van der Waals surface area contributed by atoms with Gasteiger partial charge in [0.25, 0.3) is 0 Å². The molecule has 3 aromatic carbocycles. The molecule has 1 N–H and O–H groups in total. The first-order valence-electron chi connectivity index (χ1n) is 8.11. The summed E-state index contributed by atoms with van der Waals surface area (Å²) in [6.45, 7) is 0.254. The van der Waals surface area contributed by atoms with E-state index in [9.17, 15) is 10.0 Å². The molecule has 0 aliphatic rings. The molecule has 0 fully saturated rings. The average molecular weight is 349 g/mol. The molecule has 0 radical (unpaired) electrons. The molecule has 3 rings (SSSR count). The molecular weight excluding hydrogens is 330 g/mol. The van der Waals surface area contributed by atoms with Crippen molar-refractivity contribution < 1.29 is 5.11 Å². The summed E-state index contributed by atoms with van der Waals surface area (Å²) in [6, 6.07) is 27.7. The van der Waals surface area contributed by atoms with E-state index in [1.165, 1.54) is 0 Å². The van der Waals surface area contributed by atoms with Crippen molar-refractivity contribution in [2.45, 2.75) is 4.75 Å². The zero-order valence-electron chi connectivity index (χ0n) is 13.7. The minimum Gasteiger partial charge on any atom is -0.508 e. The van der Waals surface area contributed by atoms with Crippen molar-refractivity contribution in [3.63, 3.8) is 0 Å². The summed E-state index contributed by atoms with van der Waals surface area (Å²) in [4.78, 5) is 10.6. The Labute approximate surface area is 151 Å². The molecule has 0 amide bonds. The van der Waals surface area contributed by atoms with E-state index in [4.69, 9.17) is 0 Å². The predicted octanol–water partition coefficient (Wildman–Crippen LogP) is 5.18. The number of nitroso groups, excluding NO2 is 1. The number of hydrogen-bond acceptors (Lipinski definition) is 4. The van der Waals surface area contributed by atoms with Gasteiger partial charge in [-0.1, -0.05) is 78.0 Å². The second-order valence-corrected chi connectivity index (χ2v) is 6.97. The first kappa shape index (κ1) is 17.2.